The van der Waals surface area contributed by atoms with Gasteiger partial charge in [-0.05, 0) is 76.4 Å². The molecular weight excluding hydrogens is 582 g/mol. The number of nitrogens with zero attached hydrogens (tertiary/aromatic N) is 2. The molecule has 4 aromatic carbocycles. The zero-order valence-corrected chi connectivity index (χ0v) is 27.8. The molecule has 0 heterocycles. The summed E-state index contributed by atoms with van der Waals surface area (Å²) in [7, 11) is -4.14. The van der Waals surface area contributed by atoms with Gasteiger partial charge in [0.05, 0.1) is 10.6 Å². The highest BCUT2D eigenvalue weighted by Crippen LogP contribution is 2.28. The molecule has 0 unspecified atom stereocenters. The maximum Gasteiger partial charge on any atom is 0.264 e. The Morgan fingerprint density at radius 2 is 1.33 bits per heavy atom. The van der Waals surface area contributed by atoms with Crippen LogP contribution in [0.1, 0.15) is 48.6 Å². The Balaban J connectivity index is 1.83. The molecular formula is C37H43N3O4S. The number of hydrogen-bond donors (Lipinski definition) is 1. The maximum atomic E-state index is 14.6. The number of nitrogens with one attached hydrogen (secondary N) is 1. The highest BCUT2D eigenvalue weighted by molar-refractivity contribution is 7.92. The van der Waals surface area contributed by atoms with Crippen LogP contribution < -0.4 is 9.62 Å². The van der Waals surface area contributed by atoms with Gasteiger partial charge in [-0.1, -0.05) is 96.1 Å². The van der Waals surface area contributed by atoms with Crippen molar-refractivity contribution in [2.45, 2.75) is 71.0 Å². The Morgan fingerprint density at radius 1 is 0.756 bits per heavy atom. The summed E-state index contributed by atoms with van der Waals surface area (Å²) in [5.74, 6) is -0.796. The van der Waals surface area contributed by atoms with E-state index in [2.05, 4.69) is 5.32 Å². The van der Waals surface area contributed by atoms with Crippen LogP contribution in [0.4, 0.5) is 5.69 Å². The quantitative estimate of drug-likeness (QED) is 0.210. The van der Waals surface area contributed by atoms with Crippen LogP contribution in [0.5, 0.6) is 0 Å². The Kier molecular flexibility index (Phi) is 10.5. The van der Waals surface area contributed by atoms with Crippen molar-refractivity contribution < 1.29 is 18.0 Å². The minimum atomic E-state index is -4.14. The fourth-order valence-electron chi connectivity index (χ4n) is 5.22. The lowest BCUT2D eigenvalue weighted by Gasteiger charge is -2.35. The van der Waals surface area contributed by atoms with Gasteiger partial charge < -0.3 is 10.2 Å². The van der Waals surface area contributed by atoms with Crippen LogP contribution in [-0.4, -0.2) is 43.3 Å². The number of hydrogen-bond acceptors (Lipinski definition) is 4. The fraction of sp³-hybridized carbons (Fsp3) is 0.297. The summed E-state index contributed by atoms with van der Waals surface area (Å²) < 4.78 is 29.5. The Morgan fingerprint density at radius 3 is 1.91 bits per heavy atom. The van der Waals surface area contributed by atoms with E-state index in [0.29, 0.717) is 5.69 Å². The van der Waals surface area contributed by atoms with Crippen molar-refractivity contribution in [1.82, 2.24) is 10.2 Å². The number of amides is 2. The third kappa shape index (κ3) is 8.82. The average molecular weight is 626 g/mol. The van der Waals surface area contributed by atoms with Crippen molar-refractivity contribution in [3.63, 3.8) is 0 Å². The lowest BCUT2D eigenvalue weighted by Crippen LogP contribution is -2.56. The SMILES string of the molecule is Cc1ccc(CN(C(=O)CN(c2ccc(C)cc2C)S(=O)(=O)c2ccccc2)[C@H](Cc2ccccc2)C(=O)NC(C)(C)C)cc1. The van der Waals surface area contributed by atoms with Gasteiger partial charge in [0, 0.05) is 18.5 Å². The molecule has 0 spiro atoms. The molecule has 4 aromatic rings. The van der Waals surface area contributed by atoms with Crippen LogP contribution in [0, 0.1) is 20.8 Å². The molecule has 0 saturated heterocycles. The topological polar surface area (TPSA) is 86.8 Å². The van der Waals surface area contributed by atoms with Crippen molar-refractivity contribution >= 4 is 27.5 Å². The zero-order chi connectivity index (χ0) is 32.8. The van der Waals surface area contributed by atoms with Crippen LogP contribution in [0.25, 0.3) is 0 Å². The van der Waals surface area contributed by atoms with Crippen LogP contribution in [-0.2, 0) is 32.6 Å². The zero-order valence-electron chi connectivity index (χ0n) is 26.9. The minimum absolute atomic E-state index is 0.0779. The molecule has 0 aromatic heterocycles. The third-order valence-electron chi connectivity index (χ3n) is 7.47. The molecule has 2 amide bonds. The molecule has 7 nitrogen and oxygen atoms in total. The van der Waals surface area contributed by atoms with Crippen molar-refractivity contribution in [1.29, 1.82) is 0 Å². The molecule has 0 aliphatic carbocycles. The molecule has 4 rings (SSSR count). The van der Waals surface area contributed by atoms with Gasteiger partial charge in [-0.15, -0.1) is 0 Å². The number of anilines is 1. The number of aryl methyl sites for hydroxylation is 3. The highest BCUT2D eigenvalue weighted by atomic mass is 32.2. The minimum Gasteiger partial charge on any atom is -0.350 e. The average Bonchev–Trinajstić information content (AvgIpc) is 2.99. The van der Waals surface area contributed by atoms with Crippen LogP contribution in [0.2, 0.25) is 0 Å². The standard InChI is InChI=1S/C37H43N3O4S/c1-27-17-20-31(21-18-27)25-39(34(36(42)38-37(4,5)6)24-30-13-9-7-10-14-30)35(41)26-40(33-22-19-28(2)23-29(33)3)45(43,44)32-15-11-8-12-16-32/h7-23,34H,24-26H2,1-6H3,(H,38,42)/t34-/m1/s1. The van der Waals surface area contributed by atoms with Crippen LogP contribution in [0.15, 0.2) is 108 Å². The number of carbonyl (C=O) groups excluding carboxylic acids is 2. The monoisotopic (exact) mass is 625 g/mol. The lowest BCUT2D eigenvalue weighted by atomic mass is 10.0. The molecule has 1 N–H and O–H groups in total. The Hall–Kier alpha value is -4.43. The summed E-state index contributed by atoms with van der Waals surface area (Å²) in [6.07, 6.45) is 0.259. The number of benzene rings is 4. The van der Waals surface area contributed by atoms with Gasteiger partial charge in [0.2, 0.25) is 11.8 Å². The molecule has 236 valence electrons. The predicted molar refractivity (Wildman–Crippen MR) is 180 cm³/mol. The number of rotatable bonds is 11. The van der Waals surface area contributed by atoms with E-state index in [1.54, 1.807) is 24.3 Å². The first-order valence-electron chi connectivity index (χ1n) is 15.1. The number of carbonyl (C=O) groups is 2. The molecule has 1 atom stereocenters. The molecule has 0 aliphatic heterocycles. The summed E-state index contributed by atoms with van der Waals surface area (Å²) in [6.45, 7) is 11.1. The van der Waals surface area contributed by atoms with E-state index in [9.17, 15) is 18.0 Å². The predicted octanol–water partition coefficient (Wildman–Crippen LogP) is 6.36. The summed E-state index contributed by atoms with van der Waals surface area (Å²) in [5, 5.41) is 3.06. The lowest BCUT2D eigenvalue weighted by molar-refractivity contribution is -0.140. The highest BCUT2D eigenvalue weighted by Gasteiger charge is 2.36. The van der Waals surface area contributed by atoms with Gasteiger partial charge in [-0.3, -0.25) is 13.9 Å². The molecule has 0 saturated carbocycles. The molecule has 0 fully saturated rings. The first kappa shape index (κ1) is 33.5. The van der Waals surface area contributed by atoms with E-state index in [0.717, 1.165) is 27.8 Å². The van der Waals surface area contributed by atoms with E-state index >= 15 is 0 Å². The van der Waals surface area contributed by atoms with Gasteiger partial charge in [-0.2, -0.15) is 0 Å². The normalized spacial score (nSPS) is 12.3. The summed E-state index contributed by atoms with van der Waals surface area (Å²) >= 11 is 0. The number of sulfonamides is 1. The first-order chi connectivity index (χ1) is 21.2. The molecule has 45 heavy (non-hydrogen) atoms. The third-order valence-corrected chi connectivity index (χ3v) is 9.25. The molecule has 0 aliphatic rings. The second-order valence-electron chi connectivity index (χ2n) is 12.6. The summed E-state index contributed by atoms with van der Waals surface area (Å²) in [4.78, 5) is 30.2. The van der Waals surface area contributed by atoms with Gasteiger partial charge in [-0.25, -0.2) is 8.42 Å². The molecule has 0 radical (unpaired) electrons. The van der Waals surface area contributed by atoms with Gasteiger partial charge >= 0.3 is 0 Å². The fourth-order valence-corrected chi connectivity index (χ4v) is 6.72. The van der Waals surface area contributed by atoms with Crippen molar-refractivity contribution in [3.05, 3.63) is 131 Å². The van der Waals surface area contributed by atoms with E-state index in [1.165, 1.54) is 21.3 Å². The van der Waals surface area contributed by atoms with Crippen molar-refractivity contribution in [3.8, 4) is 0 Å². The smallest absolute Gasteiger partial charge is 0.264 e. The van der Waals surface area contributed by atoms with E-state index in [1.807, 2.05) is 108 Å². The Labute approximate surface area is 268 Å². The van der Waals surface area contributed by atoms with Crippen molar-refractivity contribution in [2.75, 3.05) is 10.8 Å². The van der Waals surface area contributed by atoms with Gasteiger partial charge in [0.1, 0.15) is 12.6 Å². The maximum absolute atomic E-state index is 14.6. The second kappa shape index (κ2) is 14.1. The molecule has 0 bridgehead atoms. The van der Waals surface area contributed by atoms with Gasteiger partial charge in [0.25, 0.3) is 10.0 Å². The van der Waals surface area contributed by atoms with E-state index in [4.69, 9.17) is 0 Å². The van der Waals surface area contributed by atoms with Crippen LogP contribution in [0.3, 0.4) is 0 Å². The van der Waals surface area contributed by atoms with Crippen LogP contribution >= 0.6 is 0 Å². The largest absolute Gasteiger partial charge is 0.350 e. The first-order valence-corrected chi connectivity index (χ1v) is 16.5. The van der Waals surface area contributed by atoms with E-state index in [-0.39, 0.29) is 23.8 Å². The second-order valence-corrected chi connectivity index (χ2v) is 14.4. The summed E-state index contributed by atoms with van der Waals surface area (Å²) in [5.41, 5.74) is 4.34. The Bertz CT molecular complexity index is 1720. The summed E-state index contributed by atoms with van der Waals surface area (Å²) in [6, 6.07) is 30.0. The van der Waals surface area contributed by atoms with E-state index < -0.39 is 34.1 Å². The molecule has 8 heteroatoms. The van der Waals surface area contributed by atoms with Gasteiger partial charge in [0.15, 0.2) is 0 Å². The van der Waals surface area contributed by atoms with Crippen molar-refractivity contribution in [2.24, 2.45) is 0 Å².